The minimum atomic E-state index is 0.356. The smallest absolute Gasteiger partial charge is 0.0331 e. The van der Waals surface area contributed by atoms with Crippen LogP contribution >= 0.6 is 27.3 Å². The molecule has 96 valence electrons. The van der Waals surface area contributed by atoms with Crippen LogP contribution in [0.4, 0.5) is 5.69 Å². The van der Waals surface area contributed by atoms with E-state index in [1.165, 1.54) is 10.4 Å². The molecular weight excluding hydrogens is 308 g/mol. The van der Waals surface area contributed by atoms with E-state index in [0.29, 0.717) is 6.04 Å². The summed E-state index contributed by atoms with van der Waals surface area (Å²) in [6.07, 6.45) is 0. The third kappa shape index (κ3) is 3.34. The first-order valence-corrected chi connectivity index (χ1v) is 7.52. The van der Waals surface area contributed by atoms with Gasteiger partial charge in [0.25, 0.3) is 0 Å². The maximum Gasteiger partial charge on any atom is 0.0331 e. The summed E-state index contributed by atoms with van der Waals surface area (Å²) in [7, 11) is 2.14. The van der Waals surface area contributed by atoms with Gasteiger partial charge in [0.2, 0.25) is 0 Å². The van der Waals surface area contributed by atoms with Crippen molar-refractivity contribution in [2.45, 2.75) is 19.5 Å². The van der Waals surface area contributed by atoms with Crippen molar-refractivity contribution >= 4 is 33.0 Å². The quantitative estimate of drug-likeness (QED) is 0.850. The Morgan fingerprint density at radius 3 is 2.78 bits per heavy atom. The van der Waals surface area contributed by atoms with Crippen molar-refractivity contribution in [1.82, 2.24) is 4.90 Å². The van der Waals surface area contributed by atoms with Gasteiger partial charge in [-0.1, -0.05) is 12.1 Å². The number of hydrogen-bond donors (Lipinski definition) is 1. The normalized spacial score (nSPS) is 12.9. The van der Waals surface area contributed by atoms with Gasteiger partial charge in [0.05, 0.1) is 0 Å². The summed E-state index contributed by atoms with van der Waals surface area (Å²) in [6.45, 7) is 3.16. The van der Waals surface area contributed by atoms with E-state index in [4.69, 9.17) is 5.73 Å². The van der Waals surface area contributed by atoms with Crippen LogP contribution in [0.25, 0.3) is 0 Å². The van der Waals surface area contributed by atoms with Gasteiger partial charge in [0, 0.05) is 33.0 Å². The van der Waals surface area contributed by atoms with Crippen LogP contribution in [0.2, 0.25) is 0 Å². The standard InChI is InChI=1S/C14H17BrN2S/c1-10(11-4-3-5-13(16)6-11)17(2)8-14-7-12(15)9-18-14/h3-7,9-10H,8,16H2,1-2H3. The first-order chi connectivity index (χ1) is 8.56. The van der Waals surface area contributed by atoms with Crippen LogP contribution in [0.15, 0.2) is 40.2 Å². The van der Waals surface area contributed by atoms with Crippen molar-refractivity contribution < 1.29 is 0 Å². The molecule has 0 spiro atoms. The van der Waals surface area contributed by atoms with E-state index in [9.17, 15) is 0 Å². The number of rotatable bonds is 4. The fraction of sp³-hybridized carbons (Fsp3) is 0.286. The lowest BCUT2D eigenvalue weighted by atomic mass is 10.1. The molecule has 2 N–H and O–H groups in total. The highest BCUT2D eigenvalue weighted by atomic mass is 79.9. The monoisotopic (exact) mass is 324 g/mol. The number of benzene rings is 1. The second kappa shape index (κ2) is 5.87. The second-order valence-electron chi connectivity index (χ2n) is 4.49. The average Bonchev–Trinajstić information content (AvgIpc) is 2.73. The molecule has 0 saturated heterocycles. The Morgan fingerprint density at radius 2 is 2.17 bits per heavy atom. The fourth-order valence-electron chi connectivity index (χ4n) is 1.89. The summed E-state index contributed by atoms with van der Waals surface area (Å²) in [4.78, 5) is 3.69. The predicted octanol–water partition coefficient (Wildman–Crippen LogP) is 4.29. The molecule has 1 heterocycles. The molecule has 1 aromatic heterocycles. The number of halogens is 1. The van der Waals surface area contributed by atoms with E-state index in [-0.39, 0.29) is 0 Å². The van der Waals surface area contributed by atoms with Crippen molar-refractivity contribution in [2.24, 2.45) is 0 Å². The van der Waals surface area contributed by atoms with Gasteiger partial charge >= 0.3 is 0 Å². The van der Waals surface area contributed by atoms with Gasteiger partial charge in [-0.15, -0.1) is 11.3 Å². The molecule has 1 atom stereocenters. The van der Waals surface area contributed by atoms with E-state index >= 15 is 0 Å². The topological polar surface area (TPSA) is 29.3 Å². The van der Waals surface area contributed by atoms with Crippen LogP contribution in [0.3, 0.4) is 0 Å². The first kappa shape index (κ1) is 13.6. The Labute approximate surface area is 121 Å². The van der Waals surface area contributed by atoms with Gasteiger partial charge < -0.3 is 5.73 Å². The Kier molecular flexibility index (Phi) is 4.43. The number of nitrogens with zero attached hydrogens (tertiary/aromatic N) is 1. The largest absolute Gasteiger partial charge is 0.399 e. The molecule has 2 aromatic rings. The van der Waals surface area contributed by atoms with Crippen LogP contribution in [0, 0.1) is 0 Å². The summed E-state index contributed by atoms with van der Waals surface area (Å²) >= 11 is 5.27. The Hall–Kier alpha value is -0.840. The Morgan fingerprint density at radius 1 is 1.39 bits per heavy atom. The lowest BCUT2D eigenvalue weighted by Gasteiger charge is -2.24. The van der Waals surface area contributed by atoms with Gasteiger partial charge in [-0.2, -0.15) is 0 Å². The third-order valence-corrected chi connectivity index (χ3v) is 4.76. The molecule has 0 aliphatic carbocycles. The number of hydrogen-bond acceptors (Lipinski definition) is 3. The molecule has 1 unspecified atom stereocenters. The van der Waals surface area contributed by atoms with Crippen molar-refractivity contribution in [3.63, 3.8) is 0 Å². The highest BCUT2D eigenvalue weighted by molar-refractivity contribution is 9.10. The maximum absolute atomic E-state index is 5.83. The lowest BCUT2D eigenvalue weighted by Crippen LogP contribution is -2.21. The van der Waals surface area contributed by atoms with Crippen LogP contribution in [-0.4, -0.2) is 11.9 Å². The molecule has 4 heteroatoms. The molecule has 0 radical (unpaired) electrons. The van der Waals surface area contributed by atoms with Gasteiger partial charge in [0.1, 0.15) is 0 Å². The number of thiophene rings is 1. The van der Waals surface area contributed by atoms with Crippen molar-refractivity contribution in [2.75, 3.05) is 12.8 Å². The summed E-state index contributed by atoms with van der Waals surface area (Å²) in [5, 5.41) is 2.12. The highest BCUT2D eigenvalue weighted by Gasteiger charge is 2.12. The van der Waals surface area contributed by atoms with Crippen LogP contribution in [-0.2, 0) is 6.54 Å². The van der Waals surface area contributed by atoms with E-state index in [1.807, 2.05) is 18.2 Å². The van der Waals surface area contributed by atoms with Crippen molar-refractivity contribution in [1.29, 1.82) is 0 Å². The SMILES string of the molecule is CC(c1cccc(N)c1)N(C)Cc1cc(Br)cs1. The zero-order chi connectivity index (χ0) is 13.1. The molecule has 0 saturated carbocycles. The van der Waals surface area contributed by atoms with Crippen LogP contribution in [0.1, 0.15) is 23.4 Å². The zero-order valence-electron chi connectivity index (χ0n) is 10.6. The molecule has 2 rings (SSSR count). The van der Waals surface area contributed by atoms with Gasteiger partial charge in [-0.25, -0.2) is 0 Å². The summed E-state index contributed by atoms with van der Waals surface area (Å²) in [6, 6.07) is 10.6. The minimum absolute atomic E-state index is 0.356. The Balaban J connectivity index is 2.06. The van der Waals surface area contributed by atoms with E-state index < -0.39 is 0 Å². The molecule has 2 nitrogen and oxygen atoms in total. The van der Waals surface area contributed by atoms with Gasteiger partial charge in [-0.3, -0.25) is 4.90 Å². The molecule has 0 aliphatic heterocycles. The summed E-state index contributed by atoms with van der Waals surface area (Å²) in [5.41, 5.74) is 7.91. The third-order valence-electron chi connectivity index (χ3n) is 3.08. The highest BCUT2D eigenvalue weighted by Crippen LogP contribution is 2.25. The number of anilines is 1. The lowest BCUT2D eigenvalue weighted by molar-refractivity contribution is 0.255. The van der Waals surface area contributed by atoms with Crippen molar-refractivity contribution in [3.8, 4) is 0 Å². The van der Waals surface area contributed by atoms with Gasteiger partial charge in [0.15, 0.2) is 0 Å². The van der Waals surface area contributed by atoms with E-state index in [1.54, 1.807) is 11.3 Å². The molecule has 18 heavy (non-hydrogen) atoms. The van der Waals surface area contributed by atoms with Crippen LogP contribution < -0.4 is 5.73 Å². The summed E-state index contributed by atoms with van der Waals surface area (Å²) in [5.74, 6) is 0. The van der Waals surface area contributed by atoms with Gasteiger partial charge in [-0.05, 0) is 53.7 Å². The number of nitrogens with two attached hydrogens (primary N) is 1. The minimum Gasteiger partial charge on any atom is -0.399 e. The fourth-order valence-corrected chi connectivity index (χ4v) is 3.41. The summed E-state index contributed by atoms with van der Waals surface area (Å²) < 4.78 is 1.16. The van der Waals surface area contributed by atoms with E-state index in [0.717, 1.165) is 16.7 Å². The first-order valence-electron chi connectivity index (χ1n) is 5.85. The average molecular weight is 325 g/mol. The second-order valence-corrected chi connectivity index (χ2v) is 6.40. The molecule has 0 amide bonds. The molecule has 0 fully saturated rings. The van der Waals surface area contributed by atoms with E-state index in [2.05, 4.69) is 52.3 Å². The van der Waals surface area contributed by atoms with Crippen molar-refractivity contribution in [3.05, 3.63) is 50.6 Å². The molecular formula is C14H17BrN2S. The maximum atomic E-state index is 5.83. The molecule has 0 aliphatic rings. The molecule has 0 bridgehead atoms. The number of nitrogen functional groups attached to an aromatic ring is 1. The van der Waals surface area contributed by atoms with Crippen LogP contribution in [0.5, 0.6) is 0 Å². The predicted molar refractivity (Wildman–Crippen MR) is 82.8 cm³/mol. The Bertz CT molecular complexity index is 524. The zero-order valence-corrected chi connectivity index (χ0v) is 13.0. The molecule has 1 aromatic carbocycles.